The van der Waals surface area contributed by atoms with Crippen LogP contribution in [0, 0.1) is 12.3 Å². The molecule has 1 aromatic rings. The van der Waals surface area contributed by atoms with Crippen LogP contribution >= 0.6 is 11.3 Å². The fourth-order valence-electron chi connectivity index (χ4n) is 0.680. The van der Waals surface area contributed by atoms with E-state index in [4.69, 9.17) is 12.3 Å². The second-order valence-electron chi connectivity index (χ2n) is 1.82. The van der Waals surface area contributed by atoms with E-state index in [1.54, 1.807) is 11.3 Å². The van der Waals surface area contributed by atoms with Crippen molar-refractivity contribution in [2.45, 2.75) is 6.04 Å². The summed E-state index contributed by atoms with van der Waals surface area (Å²) in [5.74, 6) is 7.71. The Kier molecular flexibility index (Phi) is 2.46. The largest absolute Gasteiger partial charge is 0.270 e. The highest BCUT2D eigenvalue weighted by molar-refractivity contribution is 7.07. The van der Waals surface area contributed by atoms with Gasteiger partial charge in [-0.2, -0.15) is 11.3 Å². The van der Waals surface area contributed by atoms with Crippen molar-refractivity contribution in [3.8, 4) is 12.3 Å². The average molecular weight is 152 g/mol. The standard InChI is InChI=1S/C7H8N2S/c1-2-7(9-8)6-3-4-10-5-6/h1,3-5,7,9H,8H2. The first-order chi connectivity index (χ1) is 4.88. The Balaban J connectivity index is 2.76. The van der Waals surface area contributed by atoms with E-state index < -0.39 is 0 Å². The van der Waals surface area contributed by atoms with Crippen molar-refractivity contribution in [2.75, 3.05) is 0 Å². The first-order valence-corrected chi connectivity index (χ1v) is 3.77. The molecule has 2 nitrogen and oxygen atoms in total. The van der Waals surface area contributed by atoms with Crippen LogP contribution < -0.4 is 11.3 Å². The molecule has 52 valence electrons. The molecule has 1 rings (SSSR count). The van der Waals surface area contributed by atoms with Gasteiger partial charge in [0.2, 0.25) is 0 Å². The van der Waals surface area contributed by atoms with Crippen molar-refractivity contribution in [2.24, 2.45) is 5.84 Å². The number of thiophene rings is 1. The van der Waals surface area contributed by atoms with Gasteiger partial charge in [-0.05, 0) is 22.4 Å². The summed E-state index contributed by atoms with van der Waals surface area (Å²) in [6.07, 6.45) is 5.19. The SMILES string of the molecule is C#CC(NN)c1ccsc1. The monoisotopic (exact) mass is 152 g/mol. The molecular formula is C7H8N2S. The van der Waals surface area contributed by atoms with Crippen LogP contribution in [0.3, 0.4) is 0 Å². The Bertz CT molecular complexity index is 222. The maximum atomic E-state index is 5.19. The summed E-state index contributed by atoms with van der Waals surface area (Å²) in [7, 11) is 0. The summed E-state index contributed by atoms with van der Waals surface area (Å²) in [4.78, 5) is 0. The molecule has 3 N–H and O–H groups in total. The van der Waals surface area contributed by atoms with Gasteiger partial charge in [-0.25, -0.2) is 5.43 Å². The molecular weight excluding hydrogens is 144 g/mol. The maximum Gasteiger partial charge on any atom is 0.107 e. The van der Waals surface area contributed by atoms with E-state index in [9.17, 15) is 0 Å². The molecule has 0 aromatic carbocycles. The third kappa shape index (κ3) is 1.36. The van der Waals surface area contributed by atoms with E-state index in [0.29, 0.717) is 0 Å². The summed E-state index contributed by atoms with van der Waals surface area (Å²) < 4.78 is 0. The number of nitrogens with one attached hydrogen (secondary N) is 1. The molecule has 0 spiro atoms. The molecule has 1 heterocycles. The van der Waals surface area contributed by atoms with Crippen molar-refractivity contribution in [3.63, 3.8) is 0 Å². The normalized spacial score (nSPS) is 12.4. The zero-order valence-corrected chi connectivity index (χ0v) is 6.19. The van der Waals surface area contributed by atoms with Crippen molar-refractivity contribution in [1.29, 1.82) is 0 Å². The zero-order chi connectivity index (χ0) is 7.40. The molecule has 0 bridgehead atoms. The van der Waals surface area contributed by atoms with E-state index in [1.165, 1.54) is 0 Å². The lowest BCUT2D eigenvalue weighted by molar-refractivity contribution is 0.676. The van der Waals surface area contributed by atoms with Crippen molar-refractivity contribution >= 4 is 11.3 Å². The van der Waals surface area contributed by atoms with Crippen LogP contribution in [0.4, 0.5) is 0 Å². The summed E-state index contributed by atoms with van der Waals surface area (Å²) in [6.45, 7) is 0. The first kappa shape index (κ1) is 7.29. The summed E-state index contributed by atoms with van der Waals surface area (Å²) in [5.41, 5.74) is 3.58. The molecule has 0 aliphatic rings. The van der Waals surface area contributed by atoms with Crippen molar-refractivity contribution in [3.05, 3.63) is 22.4 Å². The fraction of sp³-hybridized carbons (Fsp3) is 0.143. The summed E-state index contributed by atoms with van der Waals surface area (Å²) in [5, 5.41) is 3.95. The minimum absolute atomic E-state index is 0.147. The highest BCUT2D eigenvalue weighted by Crippen LogP contribution is 2.13. The Morgan fingerprint density at radius 1 is 1.80 bits per heavy atom. The number of terminal acetylenes is 1. The van der Waals surface area contributed by atoms with Gasteiger partial charge in [-0.1, -0.05) is 5.92 Å². The van der Waals surface area contributed by atoms with E-state index in [-0.39, 0.29) is 6.04 Å². The van der Waals surface area contributed by atoms with Crippen molar-refractivity contribution in [1.82, 2.24) is 5.43 Å². The summed E-state index contributed by atoms with van der Waals surface area (Å²) in [6, 6.07) is 1.81. The molecule has 1 aromatic heterocycles. The topological polar surface area (TPSA) is 38.0 Å². The Morgan fingerprint density at radius 2 is 2.60 bits per heavy atom. The molecule has 1 atom stereocenters. The van der Waals surface area contributed by atoms with Gasteiger partial charge in [0.1, 0.15) is 6.04 Å². The molecule has 0 radical (unpaired) electrons. The zero-order valence-electron chi connectivity index (χ0n) is 5.37. The van der Waals surface area contributed by atoms with Crippen LogP contribution in [-0.2, 0) is 0 Å². The molecule has 1 unspecified atom stereocenters. The number of nitrogens with two attached hydrogens (primary N) is 1. The van der Waals surface area contributed by atoms with Gasteiger partial charge < -0.3 is 0 Å². The summed E-state index contributed by atoms with van der Waals surface area (Å²) >= 11 is 1.61. The molecule has 3 heteroatoms. The van der Waals surface area contributed by atoms with Gasteiger partial charge in [0.25, 0.3) is 0 Å². The molecule has 0 amide bonds. The Morgan fingerprint density at radius 3 is 3.00 bits per heavy atom. The van der Waals surface area contributed by atoms with Gasteiger partial charge in [0.15, 0.2) is 0 Å². The van der Waals surface area contributed by atoms with Crippen LogP contribution in [0.5, 0.6) is 0 Å². The van der Waals surface area contributed by atoms with E-state index in [1.807, 2.05) is 16.8 Å². The van der Waals surface area contributed by atoms with Crippen LogP contribution in [0.25, 0.3) is 0 Å². The quantitative estimate of drug-likeness (QED) is 0.375. The van der Waals surface area contributed by atoms with Gasteiger partial charge in [0.05, 0.1) is 0 Å². The number of hydrogen-bond acceptors (Lipinski definition) is 3. The molecule has 0 aliphatic carbocycles. The second kappa shape index (κ2) is 3.37. The van der Waals surface area contributed by atoms with Gasteiger partial charge in [0, 0.05) is 0 Å². The maximum absolute atomic E-state index is 5.19. The lowest BCUT2D eigenvalue weighted by atomic mass is 10.2. The molecule has 10 heavy (non-hydrogen) atoms. The Hall–Kier alpha value is -0.820. The van der Waals surface area contributed by atoms with Crippen LogP contribution in [0.15, 0.2) is 16.8 Å². The fourth-order valence-corrected chi connectivity index (χ4v) is 1.37. The predicted octanol–water partition coefficient (Wildman–Crippen LogP) is 0.886. The lowest BCUT2D eigenvalue weighted by Gasteiger charge is -2.04. The van der Waals surface area contributed by atoms with E-state index in [0.717, 1.165) is 5.56 Å². The van der Waals surface area contributed by atoms with Crippen molar-refractivity contribution < 1.29 is 0 Å². The third-order valence-electron chi connectivity index (χ3n) is 1.21. The number of hydrogen-bond donors (Lipinski definition) is 2. The van der Waals surface area contributed by atoms with Crippen LogP contribution in [-0.4, -0.2) is 0 Å². The molecule has 0 aliphatic heterocycles. The molecule has 0 saturated carbocycles. The van der Waals surface area contributed by atoms with Gasteiger partial charge >= 0.3 is 0 Å². The number of rotatable bonds is 2. The van der Waals surface area contributed by atoms with Gasteiger partial charge in [-0.3, -0.25) is 5.84 Å². The second-order valence-corrected chi connectivity index (χ2v) is 2.60. The molecule has 0 fully saturated rings. The lowest BCUT2D eigenvalue weighted by Crippen LogP contribution is -2.26. The minimum atomic E-state index is -0.147. The smallest absolute Gasteiger partial charge is 0.107 e. The van der Waals surface area contributed by atoms with E-state index in [2.05, 4.69) is 11.3 Å². The highest BCUT2D eigenvalue weighted by Gasteiger charge is 2.03. The highest BCUT2D eigenvalue weighted by atomic mass is 32.1. The first-order valence-electron chi connectivity index (χ1n) is 2.83. The Labute approximate surface area is 64.0 Å². The third-order valence-corrected chi connectivity index (χ3v) is 1.91. The van der Waals surface area contributed by atoms with Gasteiger partial charge in [-0.15, -0.1) is 6.42 Å². The van der Waals surface area contributed by atoms with Crippen LogP contribution in [0.1, 0.15) is 11.6 Å². The minimum Gasteiger partial charge on any atom is -0.270 e. The van der Waals surface area contributed by atoms with Crippen LogP contribution in [0.2, 0.25) is 0 Å². The predicted molar refractivity (Wildman–Crippen MR) is 43.2 cm³/mol. The van der Waals surface area contributed by atoms with E-state index >= 15 is 0 Å². The molecule has 0 saturated heterocycles. The average Bonchev–Trinajstić information content (AvgIpc) is 2.43. The number of hydrazine groups is 1.